The van der Waals surface area contributed by atoms with Crippen molar-refractivity contribution in [1.29, 1.82) is 0 Å². The first-order chi connectivity index (χ1) is 9.53. The Bertz CT molecular complexity index is 563. The van der Waals surface area contributed by atoms with Crippen LogP contribution in [0.25, 0.3) is 0 Å². The SMILES string of the molecule is CN1C(=O)NC2(CCN(C(=O)c3cscn3)CC2)C1=O. The summed E-state index contributed by atoms with van der Waals surface area (Å²) in [5, 5.41) is 4.46. The van der Waals surface area contributed by atoms with Crippen LogP contribution in [-0.4, -0.2) is 58.3 Å². The Labute approximate surface area is 119 Å². The summed E-state index contributed by atoms with van der Waals surface area (Å²) in [6.07, 6.45) is 0.885. The summed E-state index contributed by atoms with van der Waals surface area (Å²) in [6.45, 7) is 0.881. The van der Waals surface area contributed by atoms with E-state index in [-0.39, 0.29) is 17.8 Å². The van der Waals surface area contributed by atoms with E-state index < -0.39 is 5.54 Å². The number of rotatable bonds is 1. The van der Waals surface area contributed by atoms with E-state index in [1.807, 2.05) is 0 Å². The molecule has 0 bridgehead atoms. The Morgan fingerprint density at radius 2 is 2.10 bits per heavy atom. The molecule has 7 nitrogen and oxygen atoms in total. The van der Waals surface area contributed by atoms with E-state index in [0.29, 0.717) is 31.6 Å². The summed E-state index contributed by atoms with van der Waals surface area (Å²) in [7, 11) is 1.47. The molecule has 0 saturated carbocycles. The quantitative estimate of drug-likeness (QED) is 0.755. The average molecular weight is 294 g/mol. The molecule has 1 spiro atoms. The first-order valence-electron chi connectivity index (χ1n) is 6.31. The minimum absolute atomic E-state index is 0.119. The zero-order chi connectivity index (χ0) is 14.3. The molecule has 2 saturated heterocycles. The fourth-order valence-electron chi connectivity index (χ4n) is 2.67. The van der Waals surface area contributed by atoms with Crippen LogP contribution in [0.4, 0.5) is 4.79 Å². The van der Waals surface area contributed by atoms with Crippen molar-refractivity contribution in [3.05, 3.63) is 16.6 Å². The number of likely N-dealkylation sites (tertiary alicyclic amines) is 1. The highest BCUT2D eigenvalue weighted by Crippen LogP contribution is 2.29. The summed E-state index contributed by atoms with van der Waals surface area (Å²) in [5.41, 5.74) is 1.23. The Balaban J connectivity index is 1.70. The lowest BCUT2D eigenvalue weighted by Gasteiger charge is -2.36. The number of hydrogen-bond donors (Lipinski definition) is 1. The molecule has 2 aliphatic heterocycles. The molecule has 0 radical (unpaired) electrons. The van der Waals surface area contributed by atoms with Gasteiger partial charge in [-0.15, -0.1) is 11.3 Å². The van der Waals surface area contributed by atoms with Crippen molar-refractivity contribution in [1.82, 2.24) is 20.1 Å². The highest BCUT2D eigenvalue weighted by Gasteiger charge is 2.51. The van der Waals surface area contributed by atoms with E-state index >= 15 is 0 Å². The second-order valence-corrected chi connectivity index (χ2v) is 5.76. The summed E-state index contributed by atoms with van der Waals surface area (Å²) >= 11 is 1.38. The van der Waals surface area contributed by atoms with Gasteiger partial charge in [-0.3, -0.25) is 14.5 Å². The number of urea groups is 1. The molecule has 106 valence electrons. The number of thiazole rings is 1. The lowest BCUT2D eigenvalue weighted by Crippen LogP contribution is -2.55. The molecule has 0 aliphatic carbocycles. The Morgan fingerprint density at radius 3 is 2.60 bits per heavy atom. The Morgan fingerprint density at radius 1 is 1.40 bits per heavy atom. The van der Waals surface area contributed by atoms with Gasteiger partial charge in [-0.2, -0.15) is 0 Å². The van der Waals surface area contributed by atoms with Crippen molar-refractivity contribution >= 4 is 29.2 Å². The van der Waals surface area contributed by atoms with Crippen LogP contribution in [0, 0.1) is 0 Å². The maximum Gasteiger partial charge on any atom is 0.324 e. The van der Waals surface area contributed by atoms with Gasteiger partial charge in [0.15, 0.2) is 0 Å². The average Bonchev–Trinajstić information content (AvgIpc) is 3.05. The maximum atomic E-state index is 12.2. The maximum absolute atomic E-state index is 12.2. The number of nitrogens with one attached hydrogen (secondary N) is 1. The van der Waals surface area contributed by atoms with Gasteiger partial charge in [0.1, 0.15) is 11.2 Å². The van der Waals surface area contributed by atoms with Crippen molar-refractivity contribution in [2.45, 2.75) is 18.4 Å². The summed E-state index contributed by atoms with van der Waals surface area (Å²) in [6, 6.07) is -0.366. The standard InChI is InChI=1S/C12H14N4O3S/c1-15-10(18)12(14-11(15)19)2-4-16(5-3-12)9(17)8-6-20-7-13-8/h6-7H,2-5H2,1H3,(H,14,19). The van der Waals surface area contributed by atoms with Gasteiger partial charge in [0.2, 0.25) is 0 Å². The monoisotopic (exact) mass is 294 g/mol. The molecular weight excluding hydrogens is 280 g/mol. The molecule has 1 aromatic rings. The van der Waals surface area contributed by atoms with Crippen molar-refractivity contribution in [2.75, 3.05) is 20.1 Å². The first kappa shape index (κ1) is 13.0. The van der Waals surface area contributed by atoms with E-state index in [0.717, 1.165) is 4.90 Å². The highest BCUT2D eigenvalue weighted by molar-refractivity contribution is 7.07. The molecule has 3 rings (SSSR count). The lowest BCUT2D eigenvalue weighted by molar-refractivity contribution is -0.131. The van der Waals surface area contributed by atoms with E-state index in [2.05, 4.69) is 10.3 Å². The van der Waals surface area contributed by atoms with Crippen LogP contribution in [-0.2, 0) is 4.79 Å². The second-order valence-electron chi connectivity index (χ2n) is 5.04. The minimum atomic E-state index is -0.829. The van der Waals surface area contributed by atoms with E-state index in [1.54, 1.807) is 15.8 Å². The molecule has 8 heteroatoms. The van der Waals surface area contributed by atoms with Crippen LogP contribution in [0.3, 0.4) is 0 Å². The molecule has 1 aromatic heterocycles. The van der Waals surface area contributed by atoms with Gasteiger partial charge < -0.3 is 10.2 Å². The molecule has 0 atom stereocenters. The Hall–Kier alpha value is -1.96. The molecule has 3 heterocycles. The summed E-state index contributed by atoms with van der Waals surface area (Å²) in [5.74, 6) is -0.325. The highest BCUT2D eigenvalue weighted by atomic mass is 32.1. The topological polar surface area (TPSA) is 82.6 Å². The number of imide groups is 1. The predicted octanol–water partition coefficient (Wildman–Crippen LogP) is 0.299. The molecule has 0 unspecified atom stereocenters. The molecule has 4 amide bonds. The smallest absolute Gasteiger partial charge is 0.324 e. The van der Waals surface area contributed by atoms with Gasteiger partial charge in [-0.25, -0.2) is 9.78 Å². The van der Waals surface area contributed by atoms with Crippen LogP contribution < -0.4 is 5.32 Å². The number of carbonyl (C=O) groups is 3. The number of nitrogens with zero attached hydrogens (tertiary/aromatic N) is 3. The number of amides is 4. The van der Waals surface area contributed by atoms with Gasteiger partial charge in [0.25, 0.3) is 11.8 Å². The normalized spacial score (nSPS) is 21.4. The number of carbonyl (C=O) groups excluding carboxylic acids is 3. The van der Waals surface area contributed by atoms with Gasteiger partial charge in [0, 0.05) is 25.5 Å². The second kappa shape index (κ2) is 4.55. The lowest BCUT2D eigenvalue weighted by atomic mass is 9.87. The van der Waals surface area contributed by atoms with E-state index in [1.165, 1.54) is 18.4 Å². The van der Waals surface area contributed by atoms with Crippen molar-refractivity contribution < 1.29 is 14.4 Å². The van der Waals surface area contributed by atoms with Crippen LogP contribution >= 0.6 is 11.3 Å². The summed E-state index contributed by atoms with van der Waals surface area (Å²) < 4.78 is 0. The molecule has 2 fully saturated rings. The third-order valence-electron chi connectivity index (χ3n) is 3.92. The van der Waals surface area contributed by atoms with Gasteiger partial charge >= 0.3 is 6.03 Å². The van der Waals surface area contributed by atoms with Crippen molar-refractivity contribution in [3.8, 4) is 0 Å². The molecule has 20 heavy (non-hydrogen) atoms. The zero-order valence-corrected chi connectivity index (χ0v) is 11.8. The number of likely N-dealkylation sites (N-methyl/N-ethyl adjacent to an activating group) is 1. The predicted molar refractivity (Wildman–Crippen MR) is 71.3 cm³/mol. The van der Waals surface area contributed by atoms with Crippen LogP contribution in [0.2, 0.25) is 0 Å². The van der Waals surface area contributed by atoms with Gasteiger partial charge in [-0.05, 0) is 12.8 Å². The zero-order valence-electron chi connectivity index (χ0n) is 11.0. The van der Waals surface area contributed by atoms with Crippen molar-refractivity contribution in [2.24, 2.45) is 0 Å². The Kier molecular flexibility index (Phi) is 2.97. The largest absolute Gasteiger partial charge is 0.337 e. The van der Waals surface area contributed by atoms with E-state index in [4.69, 9.17) is 0 Å². The minimum Gasteiger partial charge on any atom is -0.337 e. The number of piperidine rings is 1. The molecule has 0 aromatic carbocycles. The van der Waals surface area contributed by atoms with Crippen LogP contribution in [0.15, 0.2) is 10.9 Å². The van der Waals surface area contributed by atoms with Gasteiger partial charge in [-0.1, -0.05) is 0 Å². The molecule has 2 aliphatic rings. The van der Waals surface area contributed by atoms with Crippen LogP contribution in [0.1, 0.15) is 23.3 Å². The van der Waals surface area contributed by atoms with Crippen LogP contribution in [0.5, 0.6) is 0 Å². The van der Waals surface area contributed by atoms with Gasteiger partial charge in [0.05, 0.1) is 5.51 Å². The third kappa shape index (κ3) is 1.87. The fourth-order valence-corrected chi connectivity index (χ4v) is 3.19. The number of hydrogen-bond acceptors (Lipinski definition) is 5. The molecular formula is C12H14N4O3S. The fraction of sp³-hybridized carbons (Fsp3) is 0.500. The van der Waals surface area contributed by atoms with E-state index in [9.17, 15) is 14.4 Å². The first-order valence-corrected chi connectivity index (χ1v) is 7.25. The summed E-state index contributed by atoms with van der Waals surface area (Å²) in [4.78, 5) is 42.6. The number of aromatic nitrogens is 1. The molecule has 1 N–H and O–H groups in total. The third-order valence-corrected chi connectivity index (χ3v) is 4.51. The van der Waals surface area contributed by atoms with Crippen molar-refractivity contribution in [3.63, 3.8) is 0 Å².